The number of hydrogen-bond donors (Lipinski definition) is 0. The standard InChI is InChI=1S/C13H21NOSi/c16-13-12(7-4-9-14-13)15-10-8-11-5-2-1-3-6-11/h4,7,9,11H,1-3,5-6,8,10H2,16H3. The van der Waals surface area contributed by atoms with Gasteiger partial charge < -0.3 is 4.74 Å². The second-order valence-electron chi connectivity index (χ2n) is 4.73. The van der Waals surface area contributed by atoms with Crippen molar-refractivity contribution in [2.45, 2.75) is 38.5 Å². The first-order valence-corrected chi connectivity index (χ1v) is 7.40. The maximum Gasteiger partial charge on any atom is 0.135 e. The highest BCUT2D eigenvalue weighted by Crippen LogP contribution is 2.26. The maximum absolute atomic E-state index is 5.81. The summed E-state index contributed by atoms with van der Waals surface area (Å²) in [4.78, 5) is 4.28. The zero-order valence-corrected chi connectivity index (χ0v) is 12.1. The molecule has 2 rings (SSSR count). The van der Waals surface area contributed by atoms with Crippen LogP contribution in [0.4, 0.5) is 0 Å². The van der Waals surface area contributed by atoms with Gasteiger partial charge in [0.1, 0.15) is 5.75 Å². The molecule has 0 atom stereocenters. The highest BCUT2D eigenvalue weighted by Gasteiger charge is 2.13. The molecule has 1 aliphatic carbocycles. The minimum absolute atomic E-state index is 0.867. The van der Waals surface area contributed by atoms with Crippen molar-refractivity contribution in [2.24, 2.45) is 5.92 Å². The lowest BCUT2D eigenvalue weighted by atomic mass is 9.87. The minimum Gasteiger partial charge on any atom is -0.492 e. The smallest absolute Gasteiger partial charge is 0.135 e. The van der Waals surface area contributed by atoms with Crippen LogP contribution in [0, 0.1) is 5.92 Å². The third-order valence-electron chi connectivity index (χ3n) is 3.47. The molecular formula is C13H21NOSi. The van der Waals surface area contributed by atoms with Crippen LogP contribution in [0.2, 0.25) is 0 Å². The number of pyridine rings is 1. The maximum atomic E-state index is 5.81. The molecule has 0 saturated heterocycles. The second kappa shape index (κ2) is 6.04. The quantitative estimate of drug-likeness (QED) is 0.737. The van der Waals surface area contributed by atoms with Crippen LogP contribution in [-0.4, -0.2) is 21.8 Å². The van der Waals surface area contributed by atoms with Gasteiger partial charge in [0.05, 0.1) is 22.2 Å². The average molecular weight is 235 g/mol. The Kier molecular flexibility index (Phi) is 4.40. The highest BCUT2D eigenvalue weighted by atomic mass is 28.1. The van der Waals surface area contributed by atoms with Crippen molar-refractivity contribution in [1.29, 1.82) is 0 Å². The summed E-state index contributed by atoms with van der Waals surface area (Å²) in [5, 5.41) is 1.13. The van der Waals surface area contributed by atoms with Crippen LogP contribution < -0.4 is 10.1 Å². The third kappa shape index (κ3) is 3.34. The minimum atomic E-state index is 0.867. The average Bonchev–Trinajstić information content (AvgIpc) is 2.33. The van der Waals surface area contributed by atoms with E-state index in [0.29, 0.717) is 0 Å². The molecule has 1 saturated carbocycles. The summed E-state index contributed by atoms with van der Waals surface area (Å²) in [5.41, 5.74) is 0. The predicted octanol–water partition coefficient (Wildman–Crippen LogP) is 1.42. The van der Waals surface area contributed by atoms with Crippen molar-refractivity contribution in [3.05, 3.63) is 18.3 Å². The van der Waals surface area contributed by atoms with E-state index in [1.165, 1.54) is 38.5 Å². The third-order valence-corrected chi connectivity index (χ3v) is 4.22. The molecule has 0 spiro atoms. The van der Waals surface area contributed by atoms with Gasteiger partial charge in [-0.2, -0.15) is 0 Å². The first kappa shape index (κ1) is 11.6. The van der Waals surface area contributed by atoms with E-state index in [1.54, 1.807) is 0 Å². The first-order chi connectivity index (χ1) is 7.86. The van der Waals surface area contributed by atoms with Gasteiger partial charge in [0.2, 0.25) is 0 Å². The molecule has 3 heteroatoms. The molecule has 1 aliphatic rings. The van der Waals surface area contributed by atoms with Crippen LogP contribution in [0.25, 0.3) is 0 Å². The number of rotatable bonds is 4. The fourth-order valence-electron chi connectivity index (χ4n) is 2.43. The van der Waals surface area contributed by atoms with Crippen molar-refractivity contribution < 1.29 is 4.74 Å². The number of ether oxygens (including phenoxy) is 1. The van der Waals surface area contributed by atoms with Crippen LogP contribution in [-0.2, 0) is 0 Å². The molecule has 1 aromatic rings. The van der Waals surface area contributed by atoms with Crippen LogP contribution in [0.5, 0.6) is 5.75 Å². The van der Waals surface area contributed by atoms with E-state index in [2.05, 4.69) is 4.98 Å². The van der Waals surface area contributed by atoms with Gasteiger partial charge in [0, 0.05) is 6.20 Å². The van der Waals surface area contributed by atoms with Gasteiger partial charge in [-0.25, -0.2) is 0 Å². The van der Waals surface area contributed by atoms with Crippen LogP contribution >= 0.6 is 0 Å². The fourth-order valence-corrected chi connectivity index (χ4v) is 2.89. The van der Waals surface area contributed by atoms with Crippen molar-refractivity contribution >= 4 is 15.6 Å². The van der Waals surface area contributed by atoms with Gasteiger partial charge in [0.25, 0.3) is 0 Å². The second-order valence-corrected chi connectivity index (χ2v) is 5.68. The van der Waals surface area contributed by atoms with Gasteiger partial charge in [-0.3, -0.25) is 4.98 Å². The normalized spacial score (nSPS) is 17.5. The molecule has 0 aliphatic heterocycles. The monoisotopic (exact) mass is 235 g/mol. The fraction of sp³-hybridized carbons (Fsp3) is 0.615. The molecule has 88 valence electrons. The molecule has 1 aromatic heterocycles. The van der Waals surface area contributed by atoms with Gasteiger partial charge in [-0.15, -0.1) is 0 Å². The molecule has 0 N–H and O–H groups in total. The summed E-state index contributed by atoms with van der Waals surface area (Å²) in [7, 11) is 0.966. The Balaban J connectivity index is 1.73. The Morgan fingerprint density at radius 2 is 2.12 bits per heavy atom. The van der Waals surface area contributed by atoms with E-state index in [9.17, 15) is 0 Å². The van der Waals surface area contributed by atoms with E-state index in [4.69, 9.17) is 4.74 Å². The van der Waals surface area contributed by atoms with Crippen LogP contribution in [0.15, 0.2) is 18.3 Å². The largest absolute Gasteiger partial charge is 0.492 e. The Morgan fingerprint density at radius 1 is 1.31 bits per heavy atom. The van der Waals surface area contributed by atoms with Crippen LogP contribution in [0.3, 0.4) is 0 Å². The van der Waals surface area contributed by atoms with Crippen molar-refractivity contribution in [3.8, 4) is 5.75 Å². The Morgan fingerprint density at radius 3 is 2.88 bits per heavy atom. The molecular weight excluding hydrogens is 214 g/mol. The van der Waals surface area contributed by atoms with E-state index < -0.39 is 0 Å². The molecule has 1 heterocycles. The Hall–Kier alpha value is -0.833. The summed E-state index contributed by atoms with van der Waals surface area (Å²) in [6, 6.07) is 3.99. The zero-order valence-electron chi connectivity index (χ0n) is 10.1. The lowest BCUT2D eigenvalue weighted by Gasteiger charge is -2.21. The van der Waals surface area contributed by atoms with E-state index in [0.717, 1.165) is 33.8 Å². The van der Waals surface area contributed by atoms with Gasteiger partial charge in [0.15, 0.2) is 0 Å². The summed E-state index contributed by atoms with van der Waals surface area (Å²) in [6.45, 7) is 0.867. The molecule has 0 aromatic carbocycles. The van der Waals surface area contributed by atoms with E-state index in [-0.39, 0.29) is 0 Å². The van der Waals surface area contributed by atoms with Crippen molar-refractivity contribution in [1.82, 2.24) is 4.98 Å². The summed E-state index contributed by atoms with van der Waals surface area (Å²) >= 11 is 0. The number of aromatic nitrogens is 1. The number of hydrogen-bond acceptors (Lipinski definition) is 2. The van der Waals surface area contributed by atoms with Crippen LogP contribution in [0.1, 0.15) is 38.5 Å². The molecule has 0 unspecified atom stereocenters. The molecule has 0 bridgehead atoms. The number of nitrogens with zero attached hydrogens (tertiary/aromatic N) is 1. The van der Waals surface area contributed by atoms with Gasteiger partial charge in [-0.05, 0) is 24.5 Å². The van der Waals surface area contributed by atoms with Gasteiger partial charge in [-0.1, -0.05) is 32.1 Å². The molecule has 0 radical (unpaired) electrons. The summed E-state index contributed by atoms with van der Waals surface area (Å²) in [6.07, 6.45) is 10.2. The topological polar surface area (TPSA) is 22.1 Å². The molecule has 2 nitrogen and oxygen atoms in total. The Bertz CT molecular complexity index is 323. The van der Waals surface area contributed by atoms with E-state index in [1.807, 2.05) is 18.3 Å². The summed E-state index contributed by atoms with van der Waals surface area (Å²) in [5.74, 6) is 1.91. The SMILES string of the molecule is [SiH3]c1ncccc1OCCC1CCCCC1. The Labute approximate surface area is 101 Å². The molecule has 1 fully saturated rings. The summed E-state index contributed by atoms with van der Waals surface area (Å²) < 4.78 is 5.81. The lowest BCUT2D eigenvalue weighted by molar-refractivity contribution is 0.247. The zero-order chi connectivity index (χ0) is 11.2. The van der Waals surface area contributed by atoms with Crippen molar-refractivity contribution in [3.63, 3.8) is 0 Å². The lowest BCUT2D eigenvalue weighted by Crippen LogP contribution is -2.16. The highest BCUT2D eigenvalue weighted by molar-refractivity contribution is 6.32. The van der Waals surface area contributed by atoms with E-state index >= 15 is 0 Å². The molecule has 16 heavy (non-hydrogen) atoms. The molecule has 0 amide bonds. The van der Waals surface area contributed by atoms with Crippen molar-refractivity contribution in [2.75, 3.05) is 6.61 Å². The van der Waals surface area contributed by atoms with Gasteiger partial charge >= 0.3 is 0 Å². The first-order valence-electron chi connectivity index (χ1n) is 6.40. The predicted molar refractivity (Wildman–Crippen MR) is 70.5 cm³/mol.